The number of pyridine rings is 1. The molecule has 1 aromatic heterocycles. The van der Waals surface area contributed by atoms with Crippen LogP contribution in [0.4, 0.5) is 0 Å². The number of nitrogens with zero attached hydrogens (tertiary/aromatic N) is 1. The number of hydrogen-bond acceptors (Lipinski definition) is 5. The molecule has 1 heterocycles. The van der Waals surface area contributed by atoms with Crippen LogP contribution in [0.3, 0.4) is 0 Å². The van der Waals surface area contributed by atoms with E-state index < -0.39 is 5.91 Å². The van der Waals surface area contributed by atoms with Crippen LogP contribution in [0.1, 0.15) is 32.0 Å². The molecule has 0 aliphatic rings. The van der Waals surface area contributed by atoms with Gasteiger partial charge in [-0.1, -0.05) is 48.0 Å². The van der Waals surface area contributed by atoms with E-state index in [1.54, 1.807) is 47.9 Å². The third-order valence-electron chi connectivity index (χ3n) is 4.99. The molecule has 0 saturated carbocycles. The zero-order valence-electron chi connectivity index (χ0n) is 17.4. The van der Waals surface area contributed by atoms with Crippen molar-refractivity contribution in [2.75, 3.05) is 0 Å². The van der Waals surface area contributed by atoms with Crippen LogP contribution in [0, 0.1) is 0 Å². The first-order valence-corrected chi connectivity index (χ1v) is 10.5. The summed E-state index contributed by atoms with van der Waals surface area (Å²) < 4.78 is 6.02. The molecule has 0 radical (unpaired) electrons. The maximum absolute atomic E-state index is 12.8. The summed E-state index contributed by atoms with van der Waals surface area (Å²) in [5.74, 6) is -0.397. The second-order valence-corrected chi connectivity index (χ2v) is 7.69. The van der Waals surface area contributed by atoms with Gasteiger partial charge >= 0.3 is 0 Å². The molecule has 8 heteroatoms. The first-order chi connectivity index (χ1) is 16.0. The molecular formula is C25H20ClN3O4. The SMILES string of the molecule is O=C(NO)c1ccc(CNC(=O)c2cc(OCc3ccc(Cl)cc3)c3ccccc3n2)cc1. The van der Waals surface area contributed by atoms with Gasteiger partial charge in [0.1, 0.15) is 18.1 Å². The minimum Gasteiger partial charge on any atom is -0.488 e. The van der Waals surface area contributed by atoms with E-state index in [0.717, 1.165) is 16.5 Å². The van der Waals surface area contributed by atoms with Gasteiger partial charge in [-0.2, -0.15) is 0 Å². The number of hydroxylamine groups is 1. The predicted molar refractivity (Wildman–Crippen MR) is 124 cm³/mol. The smallest absolute Gasteiger partial charge is 0.274 e. The molecule has 0 bridgehead atoms. The summed E-state index contributed by atoms with van der Waals surface area (Å²) >= 11 is 5.94. The Hall–Kier alpha value is -3.94. The van der Waals surface area contributed by atoms with Crippen molar-refractivity contribution in [1.82, 2.24) is 15.8 Å². The molecular weight excluding hydrogens is 442 g/mol. The molecule has 0 aliphatic heterocycles. The van der Waals surface area contributed by atoms with Crippen molar-refractivity contribution in [1.29, 1.82) is 0 Å². The van der Waals surface area contributed by atoms with Gasteiger partial charge in [0, 0.05) is 28.6 Å². The van der Waals surface area contributed by atoms with Crippen LogP contribution in [-0.2, 0) is 13.2 Å². The molecule has 0 aliphatic carbocycles. The van der Waals surface area contributed by atoms with E-state index in [1.165, 1.54) is 0 Å². The van der Waals surface area contributed by atoms with E-state index in [0.29, 0.717) is 28.5 Å². The molecule has 166 valence electrons. The average Bonchev–Trinajstić information content (AvgIpc) is 2.86. The Morgan fingerprint density at radius 2 is 1.61 bits per heavy atom. The average molecular weight is 462 g/mol. The highest BCUT2D eigenvalue weighted by Crippen LogP contribution is 2.26. The predicted octanol–water partition coefficient (Wildman–Crippen LogP) is 4.52. The van der Waals surface area contributed by atoms with Crippen molar-refractivity contribution in [2.45, 2.75) is 13.2 Å². The maximum Gasteiger partial charge on any atom is 0.274 e. The summed E-state index contributed by atoms with van der Waals surface area (Å²) in [5, 5.41) is 13.0. The zero-order valence-corrected chi connectivity index (χ0v) is 18.2. The van der Waals surface area contributed by atoms with Crippen LogP contribution >= 0.6 is 11.6 Å². The van der Waals surface area contributed by atoms with Crippen molar-refractivity contribution in [3.05, 3.63) is 106 Å². The summed E-state index contributed by atoms with van der Waals surface area (Å²) in [6.45, 7) is 0.565. The summed E-state index contributed by atoms with van der Waals surface area (Å²) in [6, 6.07) is 23.0. The summed E-state index contributed by atoms with van der Waals surface area (Å²) in [6.07, 6.45) is 0. The molecule has 2 amide bonds. The topological polar surface area (TPSA) is 101 Å². The van der Waals surface area contributed by atoms with E-state index in [4.69, 9.17) is 21.5 Å². The van der Waals surface area contributed by atoms with Crippen molar-refractivity contribution in [2.24, 2.45) is 0 Å². The van der Waals surface area contributed by atoms with E-state index in [9.17, 15) is 9.59 Å². The minimum absolute atomic E-state index is 0.232. The van der Waals surface area contributed by atoms with E-state index in [2.05, 4.69) is 10.3 Å². The number of rotatable bonds is 7. The Morgan fingerprint density at radius 1 is 0.909 bits per heavy atom. The number of halogens is 1. The Balaban J connectivity index is 1.50. The number of hydrogen-bond donors (Lipinski definition) is 3. The van der Waals surface area contributed by atoms with Gasteiger partial charge in [-0.3, -0.25) is 14.8 Å². The molecule has 0 fully saturated rings. The third kappa shape index (κ3) is 5.46. The number of carbonyl (C=O) groups excluding carboxylic acids is 2. The van der Waals surface area contributed by atoms with Crippen LogP contribution in [0.2, 0.25) is 5.02 Å². The summed E-state index contributed by atoms with van der Waals surface area (Å²) in [7, 11) is 0. The molecule has 0 saturated heterocycles. The van der Waals surface area contributed by atoms with Gasteiger partial charge in [-0.25, -0.2) is 10.5 Å². The van der Waals surface area contributed by atoms with Crippen LogP contribution in [0.5, 0.6) is 5.75 Å². The lowest BCUT2D eigenvalue weighted by atomic mass is 10.1. The molecule has 4 rings (SSSR count). The van der Waals surface area contributed by atoms with Crippen LogP contribution in [0.15, 0.2) is 78.9 Å². The largest absolute Gasteiger partial charge is 0.488 e. The molecule has 4 aromatic rings. The van der Waals surface area contributed by atoms with Gasteiger partial charge in [0.15, 0.2) is 0 Å². The molecule has 3 aromatic carbocycles. The fourth-order valence-corrected chi connectivity index (χ4v) is 3.36. The van der Waals surface area contributed by atoms with Gasteiger partial charge in [0.05, 0.1) is 5.52 Å². The highest BCUT2D eigenvalue weighted by Gasteiger charge is 2.13. The Morgan fingerprint density at radius 3 is 2.33 bits per heavy atom. The van der Waals surface area contributed by atoms with Crippen molar-refractivity contribution in [3.8, 4) is 5.75 Å². The quantitative estimate of drug-likeness (QED) is 0.277. The minimum atomic E-state index is -0.600. The number of carbonyl (C=O) groups is 2. The van der Waals surface area contributed by atoms with Crippen LogP contribution in [-0.4, -0.2) is 22.0 Å². The Bertz CT molecular complexity index is 1290. The lowest BCUT2D eigenvalue weighted by Gasteiger charge is -2.12. The van der Waals surface area contributed by atoms with E-state index in [1.807, 2.05) is 36.4 Å². The summed E-state index contributed by atoms with van der Waals surface area (Å²) in [5.41, 5.74) is 4.51. The van der Waals surface area contributed by atoms with Gasteiger partial charge < -0.3 is 10.1 Å². The van der Waals surface area contributed by atoms with Gasteiger partial charge in [0.25, 0.3) is 11.8 Å². The second kappa shape index (κ2) is 10.1. The highest BCUT2D eigenvalue weighted by atomic mass is 35.5. The number of benzene rings is 3. The number of aromatic nitrogens is 1. The number of fused-ring (bicyclic) bond motifs is 1. The van der Waals surface area contributed by atoms with Crippen LogP contribution < -0.4 is 15.5 Å². The number of ether oxygens (including phenoxy) is 1. The first-order valence-electron chi connectivity index (χ1n) is 10.1. The van der Waals surface area contributed by atoms with Gasteiger partial charge in [-0.15, -0.1) is 0 Å². The normalized spacial score (nSPS) is 10.6. The molecule has 7 nitrogen and oxygen atoms in total. The molecule has 33 heavy (non-hydrogen) atoms. The second-order valence-electron chi connectivity index (χ2n) is 7.26. The third-order valence-corrected chi connectivity index (χ3v) is 5.24. The van der Waals surface area contributed by atoms with Crippen molar-refractivity contribution < 1.29 is 19.5 Å². The maximum atomic E-state index is 12.8. The highest BCUT2D eigenvalue weighted by molar-refractivity contribution is 6.30. The van der Waals surface area contributed by atoms with Crippen LogP contribution in [0.25, 0.3) is 10.9 Å². The Labute approximate surface area is 194 Å². The van der Waals surface area contributed by atoms with E-state index >= 15 is 0 Å². The molecule has 0 spiro atoms. The molecule has 0 atom stereocenters. The first kappa shape index (κ1) is 22.3. The lowest BCUT2D eigenvalue weighted by Crippen LogP contribution is -2.24. The fourth-order valence-electron chi connectivity index (χ4n) is 3.23. The zero-order chi connectivity index (χ0) is 23.2. The lowest BCUT2D eigenvalue weighted by molar-refractivity contribution is 0.0706. The molecule has 0 unspecified atom stereocenters. The van der Waals surface area contributed by atoms with Gasteiger partial charge in [-0.05, 0) is 47.5 Å². The van der Waals surface area contributed by atoms with Crippen molar-refractivity contribution >= 4 is 34.3 Å². The monoisotopic (exact) mass is 461 g/mol. The fraction of sp³-hybridized carbons (Fsp3) is 0.0800. The summed E-state index contributed by atoms with van der Waals surface area (Å²) in [4.78, 5) is 28.7. The number of para-hydroxylation sites is 1. The molecule has 3 N–H and O–H groups in total. The number of nitrogens with one attached hydrogen (secondary N) is 2. The van der Waals surface area contributed by atoms with Gasteiger partial charge in [0.2, 0.25) is 0 Å². The van der Waals surface area contributed by atoms with E-state index in [-0.39, 0.29) is 18.1 Å². The van der Waals surface area contributed by atoms with Crippen molar-refractivity contribution in [3.63, 3.8) is 0 Å². The Kier molecular flexibility index (Phi) is 6.83. The standard InChI is InChI=1S/C25H20ClN3O4/c26-19-11-7-17(8-12-19)15-33-23-13-22(28-21-4-2-1-3-20(21)23)25(31)27-14-16-5-9-18(10-6-16)24(30)29-32/h1-13,32H,14-15H2,(H,27,31)(H,29,30). The number of amides is 2.